The standard InChI is InChI=1S/C15H23ClN2/c1-3-13-6-4-5-9-18(13)14-8-7-12(11-17-2)15(16)10-14/h7-8,10,13,17H,3-6,9,11H2,1-2H3. The van der Waals surface area contributed by atoms with Crippen LogP contribution in [0.3, 0.4) is 0 Å². The van der Waals surface area contributed by atoms with Crippen molar-refractivity contribution < 1.29 is 0 Å². The van der Waals surface area contributed by atoms with E-state index in [4.69, 9.17) is 11.6 Å². The fourth-order valence-corrected chi connectivity index (χ4v) is 3.06. The van der Waals surface area contributed by atoms with Gasteiger partial charge in [-0.3, -0.25) is 0 Å². The van der Waals surface area contributed by atoms with Crippen molar-refractivity contribution in [2.75, 3.05) is 18.5 Å². The number of piperidine rings is 1. The lowest BCUT2D eigenvalue weighted by Crippen LogP contribution is -2.39. The molecule has 1 unspecified atom stereocenters. The van der Waals surface area contributed by atoms with E-state index < -0.39 is 0 Å². The molecule has 2 rings (SSSR count). The number of benzene rings is 1. The third-order valence-electron chi connectivity index (χ3n) is 3.83. The number of nitrogens with one attached hydrogen (secondary N) is 1. The smallest absolute Gasteiger partial charge is 0.0471 e. The number of anilines is 1. The first-order valence-corrected chi connectivity index (χ1v) is 7.33. The van der Waals surface area contributed by atoms with Gasteiger partial charge < -0.3 is 10.2 Å². The molecule has 1 heterocycles. The third kappa shape index (κ3) is 2.99. The highest BCUT2D eigenvalue weighted by molar-refractivity contribution is 6.31. The van der Waals surface area contributed by atoms with Crippen LogP contribution in [0, 0.1) is 0 Å². The quantitative estimate of drug-likeness (QED) is 0.891. The van der Waals surface area contributed by atoms with Gasteiger partial charge in [0.05, 0.1) is 0 Å². The van der Waals surface area contributed by atoms with E-state index in [1.165, 1.54) is 43.5 Å². The van der Waals surface area contributed by atoms with Crippen LogP contribution in [0.1, 0.15) is 38.2 Å². The van der Waals surface area contributed by atoms with Crippen LogP contribution in [-0.2, 0) is 6.54 Å². The van der Waals surface area contributed by atoms with Crippen molar-refractivity contribution in [3.63, 3.8) is 0 Å². The molecule has 0 radical (unpaired) electrons. The summed E-state index contributed by atoms with van der Waals surface area (Å²) in [5.74, 6) is 0. The zero-order chi connectivity index (χ0) is 13.0. The molecule has 1 aromatic carbocycles. The Morgan fingerprint density at radius 2 is 2.22 bits per heavy atom. The summed E-state index contributed by atoms with van der Waals surface area (Å²) in [4.78, 5) is 2.53. The summed E-state index contributed by atoms with van der Waals surface area (Å²) in [5.41, 5.74) is 2.46. The van der Waals surface area contributed by atoms with Gasteiger partial charge in [-0.05, 0) is 50.4 Å². The van der Waals surface area contributed by atoms with Gasteiger partial charge >= 0.3 is 0 Å². The minimum Gasteiger partial charge on any atom is -0.369 e. The Labute approximate surface area is 115 Å². The molecule has 1 atom stereocenters. The Morgan fingerprint density at radius 3 is 2.89 bits per heavy atom. The number of rotatable bonds is 4. The molecule has 1 fully saturated rings. The highest BCUT2D eigenvalue weighted by atomic mass is 35.5. The van der Waals surface area contributed by atoms with Gasteiger partial charge in [0, 0.05) is 29.8 Å². The van der Waals surface area contributed by atoms with Crippen LogP contribution in [0.4, 0.5) is 5.69 Å². The maximum atomic E-state index is 6.35. The summed E-state index contributed by atoms with van der Waals surface area (Å²) in [6.07, 6.45) is 5.19. The summed E-state index contributed by atoms with van der Waals surface area (Å²) in [5, 5.41) is 4.02. The van der Waals surface area contributed by atoms with Gasteiger partial charge in [0.15, 0.2) is 0 Å². The second kappa shape index (κ2) is 6.44. The largest absolute Gasteiger partial charge is 0.369 e. The first-order chi connectivity index (χ1) is 8.76. The van der Waals surface area contributed by atoms with Gasteiger partial charge in [0.1, 0.15) is 0 Å². The van der Waals surface area contributed by atoms with Crippen LogP contribution in [0.15, 0.2) is 18.2 Å². The maximum Gasteiger partial charge on any atom is 0.0471 e. The minimum absolute atomic E-state index is 0.685. The Hall–Kier alpha value is -0.730. The SMILES string of the molecule is CCC1CCCCN1c1ccc(CNC)c(Cl)c1. The van der Waals surface area contributed by atoms with E-state index in [0.29, 0.717) is 6.04 Å². The zero-order valence-electron chi connectivity index (χ0n) is 11.4. The second-order valence-corrected chi connectivity index (χ2v) is 5.46. The number of halogens is 1. The van der Waals surface area contributed by atoms with Crippen LogP contribution < -0.4 is 10.2 Å². The Bertz CT molecular complexity index is 392. The molecule has 1 saturated heterocycles. The van der Waals surface area contributed by atoms with Gasteiger partial charge in [-0.1, -0.05) is 24.6 Å². The van der Waals surface area contributed by atoms with E-state index in [-0.39, 0.29) is 0 Å². The van der Waals surface area contributed by atoms with Crippen LogP contribution >= 0.6 is 11.6 Å². The van der Waals surface area contributed by atoms with Crippen molar-refractivity contribution in [2.24, 2.45) is 0 Å². The average Bonchev–Trinajstić information content (AvgIpc) is 2.41. The molecule has 0 amide bonds. The van der Waals surface area contributed by atoms with Gasteiger partial charge in [0.2, 0.25) is 0 Å². The monoisotopic (exact) mass is 266 g/mol. The van der Waals surface area contributed by atoms with E-state index >= 15 is 0 Å². The number of nitrogens with zero attached hydrogens (tertiary/aromatic N) is 1. The normalized spacial score (nSPS) is 20.2. The highest BCUT2D eigenvalue weighted by Gasteiger charge is 2.21. The molecule has 1 aliphatic heterocycles. The molecule has 0 bridgehead atoms. The van der Waals surface area contributed by atoms with Crippen molar-refractivity contribution in [3.8, 4) is 0 Å². The average molecular weight is 267 g/mol. The Balaban J connectivity index is 2.19. The van der Waals surface area contributed by atoms with E-state index in [1.807, 2.05) is 7.05 Å². The summed E-state index contributed by atoms with van der Waals surface area (Å²) in [6, 6.07) is 7.18. The molecule has 18 heavy (non-hydrogen) atoms. The molecule has 0 saturated carbocycles. The van der Waals surface area contributed by atoms with Crippen molar-refractivity contribution in [2.45, 2.75) is 45.2 Å². The minimum atomic E-state index is 0.685. The van der Waals surface area contributed by atoms with E-state index in [1.54, 1.807) is 0 Å². The summed E-state index contributed by atoms with van der Waals surface area (Å²) >= 11 is 6.35. The van der Waals surface area contributed by atoms with Crippen LogP contribution in [0.2, 0.25) is 5.02 Å². The number of hydrogen-bond acceptors (Lipinski definition) is 2. The lowest BCUT2D eigenvalue weighted by molar-refractivity contribution is 0.450. The molecule has 3 heteroatoms. The predicted molar refractivity (Wildman–Crippen MR) is 79.5 cm³/mol. The van der Waals surface area contributed by atoms with Gasteiger partial charge in [-0.25, -0.2) is 0 Å². The van der Waals surface area contributed by atoms with Crippen LogP contribution in [0.25, 0.3) is 0 Å². The summed E-state index contributed by atoms with van der Waals surface area (Å²) in [6.45, 7) is 4.27. The molecule has 0 aromatic heterocycles. The molecule has 1 aliphatic rings. The summed E-state index contributed by atoms with van der Waals surface area (Å²) in [7, 11) is 1.95. The van der Waals surface area contributed by atoms with E-state index in [2.05, 4.69) is 35.3 Å². The van der Waals surface area contributed by atoms with Gasteiger partial charge in [0.25, 0.3) is 0 Å². The first kappa shape index (κ1) is 13.7. The molecule has 100 valence electrons. The van der Waals surface area contributed by atoms with Crippen LogP contribution in [0.5, 0.6) is 0 Å². The molecular formula is C15H23ClN2. The topological polar surface area (TPSA) is 15.3 Å². The fourth-order valence-electron chi connectivity index (χ4n) is 2.81. The molecular weight excluding hydrogens is 244 g/mol. The van der Waals surface area contributed by atoms with Crippen molar-refractivity contribution in [1.82, 2.24) is 5.32 Å². The van der Waals surface area contributed by atoms with Gasteiger partial charge in [-0.2, -0.15) is 0 Å². The molecule has 0 aliphatic carbocycles. The third-order valence-corrected chi connectivity index (χ3v) is 4.19. The second-order valence-electron chi connectivity index (χ2n) is 5.06. The molecule has 2 nitrogen and oxygen atoms in total. The lowest BCUT2D eigenvalue weighted by Gasteiger charge is -2.37. The van der Waals surface area contributed by atoms with Crippen molar-refractivity contribution in [3.05, 3.63) is 28.8 Å². The van der Waals surface area contributed by atoms with Crippen molar-refractivity contribution in [1.29, 1.82) is 0 Å². The number of hydrogen-bond donors (Lipinski definition) is 1. The fraction of sp³-hybridized carbons (Fsp3) is 0.600. The summed E-state index contributed by atoms with van der Waals surface area (Å²) < 4.78 is 0. The maximum absolute atomic E-state index is 6.35. The molecule has 1 aromatic rings. The van der Waals surface area contributed by atoms with Gasteiger partial charge in [-0.15, -0.1) is 0 Å². The van der Waals surface area contributed by atoms with E-state index in [9.17, 15) is 0 Å². The highest BCUT2D eigenvalue weighted by Crippen LogP contribution is 2.29. The molecule has 1 N–H and O–H groups in total. The van der Waals surface area contributed by atoms with E-state index in [0.717, 1.165) is 11.6 Å². The zero-order valence-corrected chi connectivity index (χ0v) is 12.1. The van der Waals surface area contributed by atoms with Crippen molar-refractivity contribution >= 4 is 17.3 Å². The Kier molecular flexibility index (Phi) is 4.90. The molecule has 0 spiro atoms. The predicted octanol–water partition coefficient (Wildman–Crippen LogP) is 3.83. The first-order valence-electron chi connectivity index (χ1n) is 6.96. The Morgan fingerprint density at radius 1 is 1.39 bits per heavy atom. The lowest BCUT2D eigenvalue weighted by atomic mass is 9.99. The van der Waals surface area contributed by atoms with Crippen LogP contribution in [-0.4, -0.2) is 19.6 Å².